The number of carbonyl (C=O) groups excluding carboxylic acids is 3. The molecule has 1 rings (SSSR count). The molecule has 0 aliphatic carbocycles. The Kier molecular flexibility index (Phi) is 9.40. The number of Topliss-reactive ketones (excluding diaryl/α,β-unsaturated/α-hetero) is 1. The van der Waals surface area contributed by atoms with Gasteiger partial charge in [-0.05, 0) is 12.8 Å². The van der Waals surface area contributed by atoms with Crippen LogP contribution in [0.2, 0.25) is 0 Å². The number of nitrogens with one attached hydrogen (secondary N) is 1. The Bertz CT molecular complexity index is 674. The quantitative estimate of drug-likeness (QED) is 0.422. The molecular formula is C15H27ClN4O5S. The maximum Gasteiger partial charge on any atom is 0.246 e. The lowest BCUT2D eigenvalue weighted by Gasteiger charge is -2.28. The lowest BCUT2D eigenvalue weighted by atomic mass is 9.91. The van der Waals surface area contributed by atoms with Gasteiger partial charge in [-0.15, -0.1) is 12.4 Å². The molecule has 0 aromatic heterocycles. The SMILES string of the molecule is CCCC(CCC)S(=O)(=O)CC(N)(C(N)=O)C(=O)C1=NNC(=O)CC1.Cl. The van der Waals surface area contributed by atoms with E-state index in [1.807, 2.05) is 13.8 Å². The van der Waals surface area contributed by atoms with E-state index in [1.54, 1.807) is 0 Å². The lowest BCUT2D eigenvalue weighted by Crippen LogP contribution is -2.65. The van der Waals surface area contributed by atoms with Crippen LogP contribution >= 0.6 is 12.4 Å². The molecule has 5 N–H and O–H groups in total. The van der Waals surface area contributed by atoms with E-state index in [-0.39, 0.29) is 36.9 Å². The summed E-state index contributed by atoms with van der Waals surface area (Å²) in [6.07, 6.45) is 2.09. The molecule has 1 atom stereocenters. The third kappa shape index (κ3) is 5.75. The monoisotopic (exact) mass is 410 g/mol. The molecule has 0 spiro atoms. The van der Waals surface area contributed by atoms with Crippen LogP contribution in [0.3, 0.4) is 0 Å². The second-order valence-electron chi connectivity index (χ2n) is 6.26. The lowest BCUT2D eigenvalue weighted by molar-refractivity contribution is -0.129. The third-order valence-electron chi connectivity index (χ3n) is 4.17. The first kappa shape index (κ1) is 24.5. The molecule has 1 aliphatic rings. The van der Waals surface area contributed by atoms with Crippen LogP contribution in [0.25, 0.3) is 0 Å². The van der Waals surface area contributed by atoms with Crippen molar-refractivity contribution in [3.05, 3.63) is 0 Å². The molecule has 0 saturated carbocycles. The molecule has 0 aromatic carbocycles. The van der Waals surface area contributed by atoms with Gasteiger partial charge in [0, 0.05) is 12.8 Å². The zero-order valence-electron chi connectivity index (χ0n) is 15.0. The first-order valence-electron chi connectivity index (χ1n) is 8.29. The van der Waals surface area contributed by atoms with Gasteiger partial charge >= 0.3 is 0 Å². The molecule has 26 heavy (non-hydrogen) atoms. The minimum absolute atomic E-state index is 0. The fourth-order valence-corrected chi connectivity index (χ4v) is 5.06. The summed E-state index contributed by atoms with van der Waals surface area (Å²) >= 11 is 0. The second-order valence-corrected chi connectivity index (χ2v) is 8.55. The number of halogens is 1. The smallest absolute Gasteiger partial charge is 0.246 e. The van der Waals surface area contributed by atoms with Crippen molar-refractivity contribution in [1.82, 2.24) is 5.43 Å². The molecule has 0 saturated heterocycles. The highest BCUT2D eigenvalue weighted by Gasteiger charge is 2.48. The summed E-state index contributed by atoms with van der Waals surface area (Å²) in [6, 6.07) is 0. The molecular weight excluding hydrogens is 384 g/mol. The van der Waals surface area contributed by atoms with Crippen LogP contribution in [0, 0.1) is 0 Å². The predicted molar refractivity (Wildman–Crippen MR) is 101 cm³/mol. The molecule has 11 heteroatoms. The highest BCUT2D eigenvalue weighted by molar-refractivity contribution is 7.92. The molecule has 1 unspecified atom stereocenters. The van der Waals surface area contributed by atoms with Crippen molar-refractivity contribution in [2.45, 2.75) is 63.2 Å². The van der Waals surface area contributed by atoms with Crippen molar-refractivity contribution in [2.75, 3.05) is 5.75 Å². The molecule has 0 fully saturated rings. The number of carbonyl (C=O) groups is 3. The topological polar surface area (TPSA) is 162 Å². The van der Waals surface area contributed by atoms with Gasteiger partial charge in [0.25, 0.3) is 0 Å². The number of sulfone groups is 1. The first-order chi connectivity index (χ1) is 11.6. The molecule has 1 heterocycles. The summed E-state index contributed by atoms with van der Waals surface area (Å²) in [5.41, 5.74) is 10.7. The Morgan fingerprint density at radius 3 is 2.15 bits per heavy atom. The van der Waals surface area contributed by atoms with Gasteiger partial charge in [-0.3, -0.25) is 14.4 Å². The van der Waals surface area contributed by atoms with E-state index >= 15 is 0 Å². The minimum Gasteiger partial charge on any atom is -0.368 e. The van der Waals surface area contributed by atoms with E-state index in [9.17, 15) is 22.8 Å². The van der Waals surface area contributed by atoms with Gasteiger partial charge in [-0.25, -0.2) is 13.8 Å². The molecule has 150 valence electrons. The van der Waals surface area contributed by atoms with Crippen LogP contribution in [0.4, 0.5) is 0 Å². The standard InChI is InChI=1S/C15H26N4O5S.ClH/c1-3-5-10(6-4-2)25(23,24)9-15(17,14(16)22)13(21)11-7-8-12(20)19-18-11;/h10H,3-9,17H2,1-2H3,(H2,16,22)(H,19,20);1H. The van der Waals surface area contributed by atoms with Crippen molar-refractivity contribution in [2.24, 2.45) is 16.6 Å². The summed E-state index contributed by atoms with van der Waals surface area (Å²) in [6.45, 7) is 3.71. The van der Waals surface area contributed by atoms with Crippen LogP contribution < -0.4 is 16.9 Å². The normalized spacial score (nSPS) is 16.9. The minimum atomic E-state index is -3.83. The van der Waals surface area contributed by atoms with E-state index < -0.39 is 38.1 Å². The van der Waals surface area contributed by atoms with Crippen LogP contribution in [-0.2, 0) is 24.2 Å². The maximum atomic E-state index is 12.7. The van der Waals surface area contributed by atoms with Crippen molar-refractivity contribution in [1.29, 1.82) is 0 Å². The van der Waals surface area contributed by atoms with Gasteiger partial charge in [0.05, 0.1) is 11.0 Å². The Morgan fingerprint density at radius 2 is 1.77 bits per heavy atom. The summed E-state index contributed by atoms with van der Waals surface area (Å²) in [7, 11) is -3.83. The summed E-state index contributed by atoms with van der Waals surface area (Å²) in [4.78, 5) is 35.6. The molecule has 0 radical (unpaired) electrons. The number of hydrazone groups is 1. The van der Waals surface area contributed by atoms with E-state index in [0.717, 1.165) is 0 Å². The van der Waals surface area contributed by atoms with Gasteiger partial charge in [0.1, 0.15) is 5.71 Å². The molecule has 9 nitrogen and oxygen atoms in total. The van der Waals surface area contributed by atoms with Crippen molar-refractivity contribution in [3.63, 3.8) is 0 Å². The summed E-state index contributed by atoms with van der Waals surface area (Å²) in [5, 5.41) is 2.90. The van der Waals surface area contributed by atoms with Crippen molar-refractivity contribution < 1.29 is 22.8 Å². The molecule has 1 aliphatic heterocycles. The highest BCUT2D eigenvalue weighted by atomic mass is 35.5. The average Bonchev–Trinajstić information content (AvgIpc) is 2.54. The zero-order chi connectivity index (χ0) is 19.3. The predicted octanol–water partition coefficient (Wildman–Crippen LogP) is -0.190. The maximum absolute atomic E-state index is 12.7. The van der Waals surface area contributed by atoms with Gasteiger partial charge in [-0.1, -0.05) is 26.7 Å². The molecule has 2 amide bonds. The third-order valence-corrected chi connectivity index (χ3v) is 6.51. The fraction of sp³-hybridized carbons (Fsp3) is 0.733. The number of hydrogen-bond donors (Lipinski definition) is 3. The Hall–Kier alpha value is -1.52. The highest BCUT2D eigenvalue weighted by Crippen LogP contribution is 2.21. The number of hydrogen-bond acceptors (Lipinski definition) is 7. The largest absolute Gasteiger partial charge is 0.368 e. The van der Waals surface area contributed by atoms with E-state index in [4.69, 9.17) is 11.5 Å². The number of primary amides is 1. The molecule has 0 bridgehead atoms. The van der Waals surface area contributed by atoms with E-state index in [2.05, 4.69) is 10.5 Å². The average molecular weight is 411 g/mol. The van der Waals surface area contributed by atoms with Crippen molar-refractivity contribution in [3.8, 4) is 0 Å². The fourth-order valence-electron chi connectivity index (χ4n) is 2.73. The van der Waals surface area contributed by atoms with Crippen LogP contribution in [0.15, 0.2) is 5.10 Å². The number of ketones is 1. The first-order valence-corrected chi connectivity index (χ1v) is 10.0. The Balaban J connectivity index is 0.00000625. The van der Waals surface area contributed by atoms with Gasteiger partial charge in [0.2, 0.25) is 17.6 Å². The van der Waals surface area contributed by atoms with Crippen LogP contribution in [-0.4, -0.2) is 48.3 Å². The number of amides is 2. The zero-order valence-corrected chi connectivity index (χ0v) is 16.6. The summed E-state index contributed by atoms with van der Waals surface area (Å²) < 4.78 is 25.4. The Morgan fingerprint density at radius 1 is 1.23 bits per heavy atom. The number of rotatable bonds is 10. The van der Waals surface area contributed by atoms with Crippen LogP contribution in [0.5, 0.6) is 0 Å². The second kappa shape index (κ2) is 9.98. The van der Waals surface area contributed by atoms with Crippen molar-refractivity contribution >= 4 is 45.6 Å². The number of nitrogens with zero attached hydrogens (tertiary/aromatic N) is 1. The summed E-state index contributed by atoms with van der Waals surface area (Å²) in [5.74, 6) is -3.44. The Labute approximate surface area is 159 Å². The van der Waals surface area contributed by atoms with E-state index in [1.165, 1.54) is 0 Å². The number of nitrogens with two attached hydrogens (primary N) is 2. The van der Waals surface area contributed by atoms with Gasteiger partial charge < -0.3 is 11.5 Å². The van der Waals surface area contributed by atoms with Crippen LogP contribution in [0.1, 0.15) is 52.4 Å². The van der Waals surface area contributed by atoms with E-state index in [0.29, 0.717) is 25.7 Å². The van der Waals surface area contributed by atoms with Gasteiger partial charge in [-0.2, -0.15) is 5.10 Å². The van der Waals surface area contributed by atoms with Gasteiger partial charge in [0.15, 0.2) is 15.4 Å². The molecule has 0 aromatic rings.